The Morgan fingerprint density at radius 3 is 1.48 bits per heavy atom. The lowest BCUT2D eigenvalue weighted by Crippen LogP contribution is -2.07. The van der Waals surface area contributed by atoms with Crippen molar-refractivity contribution in [2.45, 2.75) is 0 Å². The number of furan rings is 1. The van der Waals surface area contributed by atoms with E-state index in [0.29, 0.717) is 17.6 Å². The number of para-hydroxylation sites is 2. The molecule has 0 radical (unpaired) electrons. The standard InChI is InChI=1S/C57H35N5O/c1-4-17-36(18-5-1)39-23-16-24-40(35-39)61-49-29-14-12-26-42(49)44-31-33-46-47-34-32-45-43-27-13-15-30-50(43)62(52(45)54(47)63-53(46)51(44)61)57-59-55(38-21-8-3-9-22-38)58-56(60-57)48-28-11-10-25-41(48)37-19-6-2-7-20-37/h1-35H. The van der Waals surface area contributed by atoms with Crippen molar-refractivity contribution in [3.8, 4) is 56.7 Å². The second-order valence-corrected chi connectivity index (χ2v) is 16.0. The summed E-state index contributed by atoms with van der Waals surface area (Å²) in [7, 11) is 0. The predicted molar refractivity (Wildman–Crippen MR) is 258 cm³/mol. The lowest BCUT2D eigenvalue weighted by Gasteiger charge is -2.13. The fourth-order valence-corrected chi connectivity index (χ4v) is 9.57. The lowest BCUT2D eigenvalue weighted by molar-refractivity contribution is 0.673. The van der Waals surface area contributed by atoms with Crippen LogP contribution in [0.5, 0.6) is 0 Å². The largest absolute Gasteiger partial charge is 0.452 e. The summed E-state index contributed by atoms with van der Waals surface area (Å²) in [6.07, 6.45) is 0. The molecular weight excluding hydrogens is 771 g/mol. The third-order valence-electron chi connectivity index (χ3n) is 12.4. The van der Waals surface area contributed by atoms with Gasteiger partial charge < -0.3 is 8.98 Å². The second kappa shape index (κ2) is 14.0. The number of hydrogen-bond donors (Lipinski definition) is 0. The van der Waals surface area contributed by atoms with Gasteiger partial charge in [0.2, 0.25) is 5.95 Å². The number of rotatable bonds is 6. The molecule has 0 spiro atoms. The molecule has 6 heteroatoms. The Labute approximate surface area is 361 Å². The van der Waals surface area contributed by atoms with E-state index in [1.165, 1.54) is 10.9 Å². The summed E-state index contributed by atoms with van der Waals surface area (Å²) in [6.45, 7) is 0. The maximum Gasteiger partial charge on any atom is 0.238 e. The van der Waals surface area contributed by atoms with Gasteiger partial charge >= 0.3 is 0 Å². The van der Waals surface area contributed by atoms with Crippen molar-refractivity contribution in [2.75, 3.05) is 0 Å². The maximum atomic E-state index is 7.37. The molecule has 0 fully saturated rings. The Balaban J connectivity index is 1.12. The van der Waals surface area contributed by atoms with Crippen LogP contribution in [0, 0.1) is 0 Å². The van der Waals surface area contributed by atoms with Crippen LogP contribution in [0.1, 0.15) is 0 Å². The summed E-state index contributed by atoms with van der Waals surface area (Å²) in [6, 6.07) is 74.2. The number of fused-ring (bicyclic) bond motifs is 11. The molecule has 63 heavy (non-hydrogen) atoms. The van der Waals surface area contributed by atoms with Gasteiger partial charge in [-0.2, -0.15) is 9.97 Å². The third kappa shape index (κ3) is 5.48. The first-order valence-electron chi connectivity index (χ1n) is 21.2. The first kappa shape index (κ1) is 35.2. The average Bonchev–Trinajstić information content (AvgIpc) is 4.03. The van der Waals surface area contributed by atoms with Gasteiger partial charge in [0.1, 0.15) is 5.52 Å². The van der Waals surface area contributed by atoms with E-state index >= 15 is 0 Å². The molecule has 13 aromatic rings. The monoisotopic (exact) mass is 805 g/mol. The number of hydrogen-bond acceptors (Lipinski definition) is 4. The van der Waals surface area contributed by atoms with Crippen LogP contribution in [-0.4, -0.2) is 24.1 Å². The van der Waals surface area contributed by atoms with Gasteiger partial charge in [-0.25, -0.2) is 4.98 Å². The smallest absolute Gasteiger partial charge is 0.238 e. The van der Waals surface area contributed by atoms with Gasteiger partial charge in [-0.3, -0.25) is 4.57 Å². The highest BCUT2D eigenvalue weighted by molar-refractivity contribution is 6.26. The first-order valence-corrected chi connectivity index (χ1v) is 21.2. The van der Waals surface area contributed by atoms with Crippen LogP contribution >= 0.6 is 0 Å². The van der Waals surface area contributed by atoms with E-state index in [4.69, 9.17) is 19.4 Å². The van der Waals surface area contributed by atoms with Crippen LogP contribution in [0.3, 0.4) is 0 Å². The van der Waals surface area contributed by atoms with E-state index in [2.05, 4.69) is 191 Å². The number of aromatic nitrogens is 5. The highest BCUT2D eigenvalue weighted by Crippen LogP contribution is 2.45. The molecule has 0 N–H and O–H groups in total. The van der Waals surface area contributed by atoms with E-state index in [-0.39, 0.29) is 0 Å². The van der Waals surface area contributed by atoms with E-state index in [1.807, 2.05) is 30.3 Å². The minimum atomic E-state index is 0.512. The Morgan fingerprint density at radius 2 is 0.810 bits per heavy atom. The quantitative estimate of drug-likeness (QED) is 0.168. The van der Waals surface area contributed by atoms with Crippen LogP contribution in [0.25, 0.3) is 122 Å². The molecule has 0 aliphatic carbocycles. The minimum Gasteiger partial charge on any atom is -0.452 e. The van der Waals surface area contributed by atoms with Gasteiger partial charge in [0, 0.05) is 49.1 Å². The summed E-state index contributed by atoms with van der Waals surface area (Å²) in [5, 5.41) is 6.49. The summed E-state index contributed by atoms with van der Waals surface area (Å²) in [5.74, 6) is 1.69. The topological polar surface area (TPSA) is 61.7 Å². The van der Waals surface area contributed by atoms with Crippen LogP contribution in [0.15, 0.2) is 217 Å². The zero-order valence-corrected chi connectivity index (χ0v) is 33.9. The first-order chi connectivity index (χ1) is 31.3. The fourth-order valence-electron chi connectivity index (χ4n) is 9.57. The van der Waals surface area contributed by atoms with Gasteiger partial charge in [-0.05, 0) is 58.7 Å². The van der Waals surface area contributed by atoms with E-state index in [0.717, 1.165) is 93.7 Å². The average molecular weight is 806 g/mol. The molecular formula is C57H35N5O. The van der Waals surface area contributed by atoms with Crippen molar-refractivity contribution in [3.05, 3.63) is 212 Å². The van der Waals surface area contributed by atoms with Gasteiger partial charge in [0.15, 0.2) is 22.8 Å². The summed E-state index contributed by atoms with van der Waals surface area (Å²) in [4.78, 5) is 15.9. The van der Waals surface area contributed by atoms with Crippen LogP contribution in [0.2, 0.25) is 0 Å². The molecule has 0 bridgehead atoms. The molecule has 294 valence electrons. The minimum absolute atomic E-state index is 0.512. The Morgan fingerprint density at radius 1 is 0.317 bits per heavy atom. The molecule has 0 saturated heterocycles. The molecule has 0 aliphatic rings. The predicted octanol–water partition coefficient (Wildman–Crippen LogP) is 14.6. The van der Waals surface area contributed by atoms with Crippen molar-refractivity contribution in [1.29, 1.82) is 0 Å². The van der Waals surface area contributed by atoms with Gasteiger partial charge in [0.25, 0.3) is 0 Å². The maximum absolute atomic E-state index is 7.37. The highest BCUT2D eigenvalue weighted by atomic mass is 16.3. The van der Waals surface area contributed by atoms with E-state index in [9.17, 15) is 0 Å². The molecule has 0 aliphatic heterocycles. The Hall–Kier alpha value is -8.61. The zero-order valence-electron chi connectivity index (χ0n) is 33.9. The van der Waals surface area contributed by atoms with Gasteiger partial charge in [0.05, 0.1) is 16.6 Å². The molecule has 0 saturated carbocycles. The molecule has 6 nitrogen and oxygen atoms in total. The normalized spacial score (nSPS) is 11.8. The number of benzene rings is 9. The lowest BCUT2D eigenvalue weighted by atomic mass is 9.99. The SMILES string of the molecule is c1ccc(-c2cccc(-n3c4ccccc4c4ccc5c6ccc7c8ccccc8n(-c8nc(-c9ccccc9)nc(-c9ccccc9-c9ccccc9)n8)c7c6oc5c43)c2)cc1. The van der Waals surface area contributed by atoms with Gasteiger partial charge in [-0.1, -0.05) is 176 Å². The molecule has 4 heterocycles. The van der Waals surface area contributed by atoms with Gasteiger partial charge in [-0.15, -0.1) is 0 Å². The summed E-state index contributed by atoms with van der Waals surface area (Å²) < 4.78 is 11.9. The summed E-state index contributed by atoms with van der Waals surface area (Å²) >= 11 is 0. The van der Waals surface area contributed by atoms with E-state index in [1.54, 1.807) is 0 Å². The van der Waals surface area contributed by atoms with Crippen molar-refractivity contribution in [2.24, 2.45) is 0 Å². The highest BCUT2D eigenvalue weighted by Gasteiger charge is 2.25. The Kier molecular flexibility index (Phi) is 7.80. The molecule has 0 atom stereocenters. The zero-order chi connectivity index (χ0) is 41.4. The molecule has 0 unspecified atom stereocenters. The van der Waals surface area contributed by atoms with Crippen LogP contribution < -0.4 is 0 Å². The second-order valence-electron chi connectivity index (χ2n) is 16.0. The van der Waals surface area contributed by atoms with Crippen molar-refractivity contribution >= 4 is 65.6 Å². The molecule has 13 rings (SSSR count). The van der Waals surface area contributed by atoms with Crippen molar-refractivity contribution in [1.82, 2.24) is 24.1 Å². The van der Waals surface area contributed by atoms with Crippen LogP contribution in [-0.2, 0) is 0 Å². The van der Waals surface area contributed by atoms with E-state index < -0.39 is 0 Å². The number of nitrogens with zero attached hydrogens (tertiary/aromatic N) is 5. The fraction of sp³-hybridized carbons (Fsp3) is 0. The molecule has 9 aromatic carbocycles. The molecule has 0 amide bonds. The van der Waals surface area contributed by atoms with Crippen molar-refractivity contribution in [3.63, 3.8) is 0 Å². The van der Waals surface area contributed by atoms with Crippen LogP contribution in [0.4, 0.5) is 0 Å². The van der Waals surface area contributed by atoms with Crippen molar-refractivity contribution < 1.29 is 4.42 Å². The summed E-state index contributed by atoms with van der Waals surface area (Å²) in [5.41, 5.74) is 13.0. The third-order valence-corrected chi connectivity index (χ3v) is 12.4. The molecule has 4 aromatic heterocycles. The Bertz CT molecular complexity index is 3900.